The Labute approximate surface area is 99.0 Å². The third kappa shape index (κ3) is 2.32. The second-order valence-electron chi connectivity index (χ2n) is 3.31. The van der Waals surface area contributed by atoms with Gasteiger partial charge in [-0.2, -0.15) is 5.43 Å². The minimum atomic E-state index is -0.752. The van der Waals surface area contributed by atoms with Crippen LogP contribution in [0.25, 0.3) is 0 Å². The number of rotatable bonds is 4. The Balaban J connectivity index is 2.20. The topological polar surface area (TPSA) is 60.0 Å². The van der Waals surface area contributed by atoms with Crippen LogP contribution in [0.5, 0.6) is 5.75 Å². The summed E-state index contributed by atoms with van der Waals surface area (Å²) >= 11 is 0. The Morgan fingerprint density at radius 2 is 2.24 bits per heavy atom. The first-order valence-corrected chi connectivity index (χ1v) is 5.27. The molecule has 1 aliphatic heterocycles. The van der Waals surface area contributed by atoms with Crippen molar-refractivity contribution in [2.75, 3.05) is 18.7 Å². The highest BCUT2D eigenvalue weighted by Gasteiger charge is 2.33. The maximum absolute atomic E-state index is 11.6. The molecule has 1 unspecified atom stereocenters. The Bertz CT molecular complexity index is 410. The van der Waals surface area contributed by atoms with Gasteiger partial charge in [0.25, 0.3) is 6.41 Å². The van der Waals surface area contributed by atoms with E-state index in [-0.39, 0.29) is 0 Å². The van der Waals surface area contributed by atoms with Crippen molar-refractivity contribution in [3.05, 3.63) is 24.3 Å². The summed E-state index contributed by atoms with van der Waals surface area (Å²) in [7, 11) is 1.54. The molecule has 6 heteroatoms. The van der Waals surface area contributed by atoms with E-state index >= 15 is 0 Å². The number of ether oxygens (including phenoxy) is 3. The van der Waals surface area contributed by atoms with Gasteiger partial charge in [0.2, 0.25) is 0 Å². The van der Waals surface area contributed by atoms with E-state index in [2.05, 4.69) is 5.43 Å². The number of nitrogens with one attached hydrogen (secondary N) is 1. The highest BCUT2D eigenvalue weighted by Crippen LogP contribution is 2.29. The molecule has 1 fully saturated rings. The van der Waals surface area contributed by atoms with Crippen LogP contribution in [0.4, 0.5) is 10.5 Å². The van der Waals surface area contributed by atoms with Gasteiger partial charge in [-0.05, 0) is 19.1 Å². The molecule has 1 amide bonds. The van der Waals surface area contributed by atoms with Crippen molar-refractivity contribution in [2.24, 2.45) is 0 Å². The second kappa shape index (κ2) is 5.03. The number of hydrazine groups is 1. The molecule has 1 N–H and O–H groups in total. The number of para-hydroxylation sites is 2. The zero-order chi connectivity index (χ0) is 12.3. The second-order valence-corrected chi connectivity index (χ2v) is 3.31. The van der Waals surface area contributed by atoms with Crippen LogP contribution >= 0.6 is 0 Å². The van der Waals surface area contributed by atoms with Crippen LogP contribution < -0.4 is 15.2 Å². The lowest BCUT2D eigenvalue weighted by Gasteiger charge is -2.16. The van der Waals surface area contributed by atoms with E-state index in [1.807, 2.05) is 13.0 Å². The first-order chi connectivity index (χ1) is 8.26. The molecular formula is C11H14N2O4. The van der Waals surface area contributed by atoms with E-state index in [9.17, 15) is 4.79 Å². The third-order valence-electron chi connectivity index (χ3n) is 2.27. The van der Waals surface area contributed by atoms with E-state index in [1.54, 1.807) is 25.3 Å². The number of nitrogens with zero attached hydrogens (tertiary/aromatic N) is 1. The Morgan fingerprint density at radius 3 is 2.94 bits per heavy atom. The first-order valence-electron chi connectivity index (χ1n) is 5.27. The summed E-state index contributed by atoms with van der Waals surface area (Å²) in [5.74, 6) is 0.578. The molecule has 1 aromatic carbocycles. The predicted molar refractivity (Wildman–Crippen MR) is 60.5 cm³/mol. The van der Waals surface area contributed by atoms with Gasteiger partial charge in [-0.15, -0.1) is 0 Å². The number of amides is 1. The number of hydrogen-bond donors (Lipinski definition) is 1. The van der Waals surface area contributed by atoms with Crippen molar-refractivity contribution in [2.45, 2.75) is 13.3 Å². The number of benzene rings is 1. The highest BCUT2D eigenvalue weighted by molar-refractivity contribution is 5.90. The maximum atomic E-state index is 11.6. The molecule has 2 rings (SSSR count). The monoisotopic (exact) mass is 238 g/mol. The molecule has 6 nitrogen and oxygen atoms in total. The molecule has 0 spiro atoms. The number of cyclic esters (lactones) is 1. The average Bonchev–Trinajstić information content (AvgIpc) is 2.70. The largest absolute Gasteiger partial charge is 0.495 e. The van der Waals surface area contributed by atoms with E-state index in [4.69, 9.17) is 14.2 Å². The third-order valence-corrected chi connectivity index (χ3v) is 2.27. The fourth-order valence-electron chi connectivity index (χ4n) is 1.53. The van der Waals surface area contributed by atoms with Crippen LogP contribution in [0, 0.1) is 0 Å². The maximum Gasteiger partial charge on any atom is 0.432 e. The van der Waals surface area contributed by atoms with Gasteiger partial charge >= 0.3 is 6.09 Å². The molecule has 1 atom stereocenters. The molecule has 0 saturated carbocycles. The van der Waals surface area contributed by atoms with E-state index in [0.717, 1.165) is 0 Å². The number of hydrogen-bond acceptors (Lipinski definition) is 5. The number of carbonyl (C=O) groups is 1. The van der Waals surface area contributed by atoms with Gasteiger partial charge in [0.05, 0.1) is 7.11 Å². The molecule has 0 aliphatic carbocycles. The van der Waals surface area contributed by atoms with Crippen molar-refractivity contribution in [1.29, 1.82) is 0 Å². The summed E-state index contributed by atoms with van der Waals surface area (Å²) in [6, 6.07) is 7.14. The number of anilines is 1. The van der Waals surface area contributed by atoms with E-state index in [0.29, 0.717) is 18.0 Å². The van der Waals surface area contributed by atoms with Crippen LogP contribution in [-0.2, 0) is 9.47 Å². The summed E-state index contributed by atoms with van der Waals surface area (Å²) in [5, 5.41) is 1.26. The Kier molecular flexibility index (Phi) is 3.46. The summed E-state index contributed by atoms with van der Waals surface area (Å²) in [6.07, 6.45) is -1.27. The lowest BCUT2D eigenvalue weighted by Crippen LogP contribution is -2.38. The van der Waals surface area contributed by atoms with Gasteiger partial charge in [0.1, 0.15) is 11.4 Å². The normalized spacial score (nSPS) is 19.3. The molecule has 0 radical (unpaired) electrons. The molecule has 0 bridgehead atoms. The van der Waals surface area contributed by atoms with Crippen molar-refractivity contribution in [1.82, 2.24) is 5.43 Å². The molecular weight excluding hydrogens is 224 g/mol. The fourth-order valence-corrected chi connectivity index (χ4v) is 1.53. The zero-order valence-electron chi connectivity index (χ0n) is 9.67. The SMILES string of the molecule is CCOC1NN(c2ccccc2OC)C(=O)O1. The van der Waals surface area contributed by atoms with Crippen molar-refractivity contribution < 1.29 is 19.0 Å². The molecule has 0 aromatic heterocycles. The van der Waals surface area contributed by atoms with Gasteiger partial charge in [-0.25, -0.2) is 9.80 Å². The zero-order valence-corrected chi connectivity index (χ0v) is 9.67. The highest BCUT2D eigenvalue weighted by atomic mass is 16.7. The van der Waals surface area contributed by atoms with E-state index < -0.39 is 12.5 Å². The van der Waals surface area contributed by atoms with Crippen LogP contribution in [0.1, 0.15) is 6.92 Å². The van der Waals surface area contributed by atoms with Crippen molar-refractivity contribution in [3.8, 4) is 5.75 Å². The van der Waals surface area contributed by atoms with Gasteiger partial charge in [0, 0.05) is 6.61 Å². The van der Waals surface area contributed by atoms with Gasteiger partial charge in [0.15, 0.2) is 0 Å². The smallest absolute Gasteiger partial charge is 0.432 e. The molecule has 92 valence electrons. The fraction of sp³-hybridized carbons (Fsp3) is 0.364. The van der Waals surface area contributed by atoms with Gasteiger partial charge in [-0.1, -0.05) is 12.1 Å². The van der Waals surface area contributed by atoms with Crippen LogP contribution in [0.2, 0.25) is 0 Å². The average molecular weight is 238 g/mol. The van der Waals surface area contributed by atoms with Gasteiger partial charge in [-0.3, -0.25) is 0 Å². The predicted octanol–water partition coefficient (Wildman–Crippen LogP) is 1.48. The lowest BCUT2D eigenvalue weighted by molar-refractivity contribution is -0.0924. The van der Waals surface area contributed by atoms with Gasteiger partial charge < -0.3 is 14.2 Å². The number of methoxy groups -OCH3 is 1. The van der Waals surface area contributed by atoms with Crippen LogP contribution in [0.3, 0.4) is 0 Å². The quantitative estimate of drug-likeness (QED) is 0.860. The summed E-state index contributed by atoms with van der Waals surface area (Å²) in [5.41, 5.74) is 3.38. The van der Waals surface area contributed by atoms with Crippen LogP contribution in [-0.4, -0.2) is 26.2 Å². The van der Waals surface area contributed by atoms with Crippen LogP contribution in [0.15, 0.2) is 24.3 Å². The first kappa shape index (κ1) is 11.7. The summed E-state index contributed by atoms with van der Waals surface area (Å²) in [4.78, 5) is 11.6. The van der Waals surface area contributed by atoms with E-state index in [1.165, 1.54) is 5.01 Å². The molecule has 1 aliphatic rings. The Hall–Kier alpha value is -1.79. The standard InChI is InChI=1S/C11H14N2O4/c1-3-16-10-12-13(11(14)17-10)8-6-4-5-7-9(8)15-2/h4-7,10,12H,3H2,1-2H3. The molecule has 1 saturated heterocycles. The Morgan fingerprint density at radius 1 is 1.47 bits per heavy atom. The minimum Gasteiger partial charge on any atom is -0.495 e. The van der Waals surface area contributed by atoms with Crippen molar-refractivity contribution in [3.63, 3.8) is 0 Å². The van der Waals surface area contributed by atoms with Crippen molar-refractivity contribution >= 4 is 11.8 Å². The summed E-state index contributed by atoms with van der Waals surface area (Å²) < 4.78 is 15.3. The number of carbonyl (C=O) groups excluding carboxylic acids is 1. The molecule has 17 heavy (non-hydrogen) atoms. The molecule has 1 aromatic rings. The molecule has 1 heterocycles. The summed E-state index contributed by atoms with van der Waals surface area (Å²) in [6.45, 7) is 2.27. The minimum absolute atomic E-state index is 0.449. The lowest BCUT2D eigenvalue weighted by atomic mass is 10.3.